The van der Waals surface area contributed by atoms with E-state index in [0.717, 1.165) is 29.0 Å². The molecule has 0 saturated carbocycles. The van der Waals surface area contributed by atoms with Gasteiger partial charge in [-0.25, -0.2) is 0 Å². The fourth-order valence-corrected chi connectivity index (χ4v) is 1.88. The maximum absolute atomic E-state index is 6.02. The fourth-order valence-electron chi connectivity index (χ4n) is 1.88. The lowest BCUT2D eigenvalue weighted by Gasteiger charge is -2.09. The molecular weight excluding hydrogens is 226 g/mol. The number of nitrogens with zero attached hydrogens (tertiary/aromatic N) is 1. The van der Waals surface area contributed by atoms with Crippen molar-refractivity contribution in [1.29, 1.82) is 0 Å². The third-order valence-electron chi connectivity index (χ3n) is 2.83. The van der Waals surface area contributed by atoms with Gasteiger partial charge in [-0.05, 0) is 24.3 Å². The van der Waals surface area contributed by atoms with E-state index in [2.05, 4.69) is 23.6 Å². The summed E-state index contributed by atoms with van der Waals surface area (Å²) in [5, 5.41) is 3.30. The normalized spacial score (nSPS) is 10.6. The van der Waals surface area contributed by atoms with Gasteiger partial charge in [0.15, 0.2) is 0 Å². The van der Waals surface area contributed by atoms with Gasteiger partial charge in [0.2, 0.25) is 0 Å². The van der Waals surface area contributed by atoms with Crippen LogP contribution in [-0.2, 0) is 11.8 Å². The highest BCUT2D eigenvalue weighted by Crippen LogP contribution is 2.28. The van der Waals surface area contributed by atoms with Crippen molar-refractivity contribution in [2.24, 2.45) is 7.05 Å². The molecule has 4 heteroatoms. The molecule has 0 saturated heterocycles. The van der Waals surface area contributed by atoms with Crippen LogP contribution in [-0.4, -0.2) is 24.8 Å². The third kappa shape index (κ3) is 2.84. The Morgan fingerprint density at radius 2 is 2.17 bits per heavy atom. The second-order valence-corrected chi connectivity index (χ2v) is 4.29. The molecule has 0 amide bonds. The number of benzene rings is 1. The van der Waals surface area contributed by atoms with E-state index in [0.29, 0.717) is 6.61 Å². The highest BCUT2D eigenvalue weighted by atomic mass is 16.5. The molecule has 0 aliphatic heterocycles. The highest BCUT2D eigenvalue weighted by molar-refractivity contribution is 5.79. The predicted molar refractivity (Wildman–Crippen MR) is 75.6 cm³/mol. The number of methoxy groups -OCH3 is 1. The Hall–Kier alpha value is -1.94. The van der Waals surface area contributed by atoms with Crippen molar-refractivity contribution in [3.05, 3.63) is 36.7 Å². The van der Waals surface area contributed by atoms with Crippen molar-refractivity contribution in [3.63, 3.8) is 0 Å². The number of aromatic nitrogens is 1. The molecule has 0 fully saturated rings. The van der Waals surface area contributed by atoms with Crippen LogP contribution in [0.25, 0.3) is 11.1 Å². The molecule has 1 heterocycles. The summed E-state index contributed by atoms with van der Waals surface area (Å²) < 4.78 is 7.03. The molecule has 1 aromatic heterocycles. The average Bonchev–Trinajstić information content (AvgIpc) is 2.78. The molecule has 0 bridgehead atoms. The zero-order valence-electron chi connectivity index (χ0n) is 10.8. The quantitative estimate of drug-likeness (QED) is 0.628. The first kappa shape index (κ1) is 12.5. The van der Waals surface area contributed by atoms with Crippen LogP contribution in [0.2, 0.25) is 0 Å². The van der Waals surface area contributed by atoms with E-state index in [-0.39, 0.29) is 0 Å². The molecule has 0 radical (unpaired) electrons. The number of rotatable bonds is 5. The molecular formula is C14H19N3O. The van der Waals surface area contributed by atoms with E-state index >= 15 is 0 Å². The van der Waals surface area contributed by atoms with E-state index in [9.17, 15) is 0 Å². The summed E-state index contributed by atoms with van der Waals surface area (Å²) in [6, 6.07) is 8.04. The van der Waals surface area contributed by atoms with Gasteiger partial charge in [-0.15, -0.1) is 0 Å². The maximum Gasteiger partial charge on any atom is 0.0635 e. The van der Waals surface area contributed by atoms with Crippen LogP contribution in [0.3, 0.4) is 0 Å². The van der Waals surface area contributed by atoms with Crippen LogP contribution in [0.5, 0.6) is 0 Å². The molecule has 96 valence electrons. The Morgan fingerprint density at radius 3 is 2.83 bits per heavy atom. The molecule has 0 unspecified atom stereocenters. The summed E-state index contributed by atoms with van der Waals surface area (Å²) in [5.41, 5.74) is 10.1. The van der Waals surface area contributed by atoms with Gasteiger partial charge >= 0.3 is 0 Å². The van der Waals surface area contributed by atoms with Crippen molar-refractivity contribution in [2.45, 2.75) is 0 Å². The maximum atomic E-state index is 6.02. The van der Waals surface area contributed by atoms with E-state index in [1.54, 1.807) is 7.11 Å². The molecule has 0 aliphatic rings. The van der Waals surface area contributed by atoms with Crippen LogP contribution in [0.1, 0.15) is 0 Å². The zero-order chi connectivity index (χ0) is 13.0. The summed E-state index contributed by atoms with van der Waals surface area (Å²) in [5.74, 6) is 0. The standard InChI is InChI=1S/C14H19N3O/c1-17-7-5-11(10-17)13-9-12(3-4-14(13)15)16-6-8-18-2/h3-5,7,9-10,16H,6,8,15H2,1-2H3. The average molecular weight is 245 g/mol. The van der Waals surface area contributed by atoms with E-state index < -0.39 is 0 Å². The van der Waals surface area contributed by atoms with Gasteiger partial charge in [0.05, 0.1) is 6.61 Å². The fraction of sp³-hybridized carbons (Fsp3) is 0.286. The van der Waals surface area contributed by atoms with Gasteiger partial charge in [0.1, 0.15) is 0 Å². The minimum atomic E-state index is 0.686. The van der Waals surface area contributed by atoms with Gasteiger partial charge < -0.3 is 20.4 Å². The van der Waals surface area contributed by atoms with E-state index in [1.807, 2.05) is 29.9 Å². The predicted octanol–water partition coefficient (Wildman–Crippen LogP) is 2.33. The van der Waals surface area contributed by atoms with Gasteiger partial charge in [0, 0.05) is 55.6 Å². The molecule has 18 heavy (non-hydrogen) atoms. The smallest absolute Gasteiger partial charge is 0.0635 e. The number of anilines is 2. The van der Waals surface area contributed by atoms with Gasteiger partial charge in [-0.3, -0.25) is 0 Å². The van der Waals surface area contributed by atoms with Gasteiger partial charge in [0.25, 0.3) is 0 Å². The molecule has 2 aromatic rings. The molecule has 0 spiro atoms. The number of hydrogen-bond donors (Lipinski definition) is 2. The van der Waals surface area contributed by atoms with Crippen LogP contribution in [0.4, 0.5) is 11.4 Å². The summed E-state index contributed by atoms with van der Waals surface area (Å²) >= 11 is 0. The van der Waals surface area contributed by atoms with Crippen molar-refractivity contribution in [1.82, 2.24) is 4.57 Å². The lowest BCUT2D eigenvalue weighted by Crippen LogP contribution is -2.07. The summed E-state index contributed by atoms with van der Waals surface area (Å²) in [6.07, 6.45) is 4.07. The molecule has 0 aliphatic carbocycles. The summed E-state index contributed by atoms with van der Waals surface area (Å²) in [6.45, 7) is 1.47. The SMILES string of the molecule is COCCNc1ccc(N)c(-c2ccn(C)c2)c1. The molecule has 4 nitrogen and oxygen atoms in total. The minimum absolute atomic E-state index is 0.686. The van der Waals surface area contributed by atoms with Crippen LogP contribution >= 0.6 is 0 Å². The number of hydrogen-bond acceptors (Lipinski definition) is 3. The molecule has 0 atom stereocenters. The lowest BCUT2D eigenvalue weighted by atomic mass is 10.1. The Kier molecular flexibility index (Phi) is 3.89. The topological polar surface area (TPSA) is 52.2 Å². The summed E-state index contributed by atoms with van der Waals surface area (Å²) in [4.78, 5) is 0. The monoisotopic (exact) mass is 245 g/mol. The number of nitrogens with one attached hydrogen (secondary N) is 1. The van der Waals surface area contributed by atoms with Crippen LogP contribution in [0.15, 0.2) is 36.7 Å². The molecule has 1 aromatic carbocycles. The van der Waals surface area contributed by atoms with Crippen molar-refractivity contribution in [2.75, 3.05) is 31.3 Å². The van der Waals surface area contributed by atoms with Crippen molar-refractivity contribution < 1.29 is 4.74 Å². The van der Waals surface area contributed by atoms with Crippen molar-refractivity contribution in [3.8, 4) is 11.1 Å². The first-order valence-corrected chi connectivity index (χ1v) is 5.95. The van der Waals surface area contributed by atoms with Gasteiger partial charge in [-0.1, -0.05) is 0 Å². The molecule has 3 N–H and O–H groups in total. The zero-order valence-corrected chi connectivity index (χ0v) is 10.8. The Labute approximate surface area is 107 Å². The number of nitrogens with two attached hydrogens (primary N) is 1. The Morgan fingerprint density at radius 1 is 1.33 bits per heavy atom. The van der Waals surface area contributed by atoms with Crippen LogP contribution < -0.4 is 11.1 Å². The third-order valence-corrected chi connectivity index (χ3v) is 2.83. The van der Waals surface area contributed by atoms with Gasteiger partial charge in [-0.2, -0.15) is 0 Å². The highest BCUT2D eigenvalue weighted by Gasteiger charge is 2.05. The number of ether oxygens (including phenoxy) is 1. The largest absolute Gasteiger partial charge is 0.398 e. The first-order valence-electron chi connectivity index (χ1n) is 5.95. The second-order valence-electron chi connectivity index (χ2n) is 4.29. The number of nitrogen functional groups attached to an aromatic ring is 1. The summed E-state index contributed by atoms with van der Waals surface area (Å²) in [7, 11) is 3.69. The Balaban J connectivity index is 2.21. The Bertz CT molecular complexity index is 520. The first-order chi connectivity index (χ1) is 8.70. The van der Waals surface area contributed by atoms with Crippen molar-refractivity contribution >= 4 is 11.4 Å². The lowest BCUT2D eigenvalue weighted by molar-refractivity contribution is 0.211. The second kappa shape index (κ2) is 5.60. The van der Waals surface area contributed by atoms with Crippen LogP contribution in [0, 0.1) is 0 Å². The van der Waals surface area contributed by atoms with E-state index in [1.165, 1.54) is 0 Å². The molecule has 2 rings (SSSR count). The van der Waals surface area contributed by atoms with E-state index in [4.69, 9.17) is 10.5 Å². The number of aryl methyl sites for hydroxylation is 1. The minimum Gasteiger partial charge on any atom is -0.398 e.